The Morgan fingerprint density at radius 2 is 1.90 bits per heavy atom. The van der Waals surface area contributed by atoms with E-state index < -0.39 is 0 Å². The Labute approximate surface area is 181 Å². The quantitative estimate of drug-likeness (QED) is 0.597. The van der Waals surface area contributed by atoms with Crippen LogP contribution >= 0.6 is 0 Å². The maximum atomic E-state index is 12.7. The van der Waals surface area contributed by atoms with E-state index in [1.807, 2.05) is 54.7 Å². The van der Waals surface area contributed by atoms with Crippen molar-refractivity contribution in [3.8, 4) is 0 Å². The Hall–Kier alpha value is -3.25. The lowest BCUT2D eigenvalue weighted by molar-refractivity contribution is -0.117. The molecule has 6 heteroatoms. The van der Waals surface area contributed by atoms with Gasteiger partial charge in [0.1, 0.15) is 0 Å². The molecule has 1 saturated carbocycles. The van der Waals surface area contributed by atoms with Crippen LogP contribution in [0.4, 0.5) is 5.69 Å². The monoisotopic (exact) mass is 414 g/mol. The third-order valence-electron chi connectivity index (χ3n) is 6.27. The van der Waals surface area contributed by atoms with Crippen molar-refractivity contribution in [2.45, 2.75) is 31.2 Å². The van der Waals surface area contributed by atoms with Crippen LogP contribution in [0.25, 0.3) is 10.8 Å². The van der Waals surface area contributed by atoms with Crippen molar-refractivity contribution in [3.05, 3.63) is 72.1 Å². The van der Waals surface area contributed by atoms with Gasteiger partial charge in [-0.15, -0.1) is 0 Å². The fourth-order valence-corrected chi connectivity index (χ4v) is 4.37. The molecule has 31 heavy (non-hydrogen) atoms. The summed E-state index contributed by atoms with van der Waals surface area (Å²) >= 11 is 0. The van der Waals surface area contributed by atoms with E-state index in [-0.39, 0.29) is 29.7 Å². The van der Waals surface area contributed by atoms with Gasteiger partial charge in [-0.05, 0) is 73.0 Å². The van der Waals surface area contributed by atoms with Crippen LogP contribution in [0.2, 0.25) is 0 Å². The maximum Gasteiger partial charge on any atom is 0.251 e. The highest BCUT2D eigenvalue weighted by Crippen LogP contribution is 2.48. The van der Waals surface area contributed by atoms with Crippen molar-refractivity contribution >= 4 is 28.3 Å². The standard InChI is InChI=1S/C25H26N4O2/c30-24(29-21-2-1-10-26-15-21)17-5-3-16(4-6-17)22-13-23(22)25(31)28-20-8-7-19-14-27-11-9-18(19)12-20/h3-9,11-12,14,21-23,26H,1-2,10,13,15H2,(H,28,31)(H,29,30)/t21?,22-,23+/m0/s1. The van der Waals surface area contributed by atoms with E-state index in [1.165, 1.54) is 0 Å². The topological polar surface area (TPSA) is 83.1 Å². The van der Waals surface area contributed by atoms with Crippen LogP contribution < -0.4 is 16.0 Å². The third-order valence-corrected chi connectivity index (χ3v) is 6.27. The molecule has 158 valence electrons. The number of nitrogens with one attached hydrogen (secondary N) is 3. The highest BCUT2D eigenvalue weighted by atomic mass is 16.2. The van der Waals surface area contributed by atoms with Gasteiger partial charge >= 0.3 is 0 Å². The molecule has 0 spiro atoms. The van der Waals surface area contributed by atoms with Crippen molar-refractivity contribution < 1.29 is 9.59 Å². The Morgan fingerprint density at radius 3 is 2.71 bits per heavy atom. The molecular weight excluding hydrogens is 388 g/mol. The van der Waals surface area contributed by atoms with Crippen LogP contribution in [-0.4, -0.2) is 35.9 Å². The first kappa shape index (κ1) is 19.7. The molecule has 1 saturated heterocycles. The Balaban J connectivity index is 1.18. The van der Waals surface area contributed by atoms with E-state index in [4.69, 9.17) is 0 Å². The molecule has 0 bridgehead atoms. The number of aromatic nitrogens is 1. The van der Waals surface area contributed by atoms with Gasteiger partial charge in [0.2, 0.25) is 5.91 Å². The molecular formula is C25H26N4O2. The normalized spacial score (nSPS) is 22.6. The number of hydrogen-bond donors (Lipinski definition) is 3. The molecule has 1 aliphatic carbocycles. The number of carbonyl (C=O) groups excluding carboxylic acids is 2. The number of nitrogens with zero attached hydrogens (tertiary/aromatic N) is 1. The molecule has 5 rings (SSSR count). The van der Waals surface area contributed by atoms with Crippen molar-refractivity contribution in [2.75, 3.05) is 18.4 Å². The van der Waals surface area contributed by atoms with Crippen LogP contribution in [-0.2, 0) is 4.79 Å². The second-order valence-corrected chi connectivity index (χ2v) is 8.51. The number of amides is 2. The molecule has 2 amide bonds. The van der Waals surface area contributed by atoms with Gasteiger partial charge in [-0.25, -0.2) is 0 Å². The van der Waals surface area contributed by atoms with Crippen molar-refractivity contribution in [2.24, 2.45) is 5.92 Å². The van der Waals surface area contributed by atoms with E-state index in [1.54, 1.807) is 6.20 Å². The van der Waals surface area contributed by atoms with E-state index in [9.17, 15) is 9.59 Å². The summed E-state index contributed by atoms with van der Waals surface area (Å²) in [5, 5.41) is 11.6. The maximum absolute atomic E-state index is 12.7. The Bertz CT molecular complexity index is 1110. The van der Waals surface area contributed by atoms with Crippen LogP contribution in [0.3, 0.4) is 0 Å². The summed E-state index contributed by atoms with van der Waals surface area (Å²) in [7, 11) is 0. The molecule has 2 fully saturated rings. The molecule has 3 N–H and O–H groups in total. The SMILES string of the molecule is O=C(NC1CCCNC1)c1ccc([C@@H]2C[C@H]2C(=O)Nc2ccc3cnccc3c2)cc1. The fraction of sp³-hybridized carbons (Fsp3) is 0.320. The number of anilines is 1. The molecule has 1 unspecified atom stereocenters. The highest BCUT2D eigenvalue weighted by Gasteiger charge is 2.43. The minimum Gasteiger partial charge on any atom is -0.348 e. The van der Waals surface area contributed by atoms with Crippen molar-refractivity contribution in [3.63, 3.8) is 0 Å². The smallest absolute Gasteiger partial charge is 0.251 e. The number of piperidine rings is 1. The minimum absolute atomic E-state index is 0.0267. The summed E-state index contributed by atoms with van der Waals surface area (Å²) in [5.74, 6) is 0.201. The second-order valence-electron chi connectivity index (χ2n) is 8.51. The number of pyridine rings is 1. The fourth-order valence-electron chi connectivity index (χ4n) is 4.37. The van der Waals surface area contributed by atoms with Gasteiger partial charge in [0, 0.05) is 47.5 Å². The molecule has 2 heterocycles. The zero-order valence-corrected chi connectivity index (χ0v) is 17.3. The van der Waals surface area contributed by atoms with Crippen LogP contribution in [0.1, 0.15) is 41.1 Å². The number of rotatable bonds is 5. The van der Waals surface area contributed by atoms with Gasteiger partial charge in [-0.3, -0.25) is 14.6 Å². The van der Waals surface area contributed by atoms with E-state index in [0.29, 0.717) is 5.56 Å². The van der Waals surface area contributed by atoms with Gasteiger partial charge in [-0.1, -0.05) is 18.2 Å². The predicted octanol–water partition coefficient (Wildman–Crippen LogP) is 3.46. The number of benzene rings is 2. The van der Waals surface area contributed by atoms with Gasteiger partial charge in [0.25, 0.3) is 5.91 Å². The van der Waals surface area contributed by atoms with Crippen LogP contribution in [0.15, 0.2) is 60.9 Å². The summed E-state index contributed by atoms with van der Waals surface area (Å²) in [5.41, 5.74) is 2.58. The first-order valence-corrected chi connectivity index (χ1v) is 10.9. The third kappa shape index (κ3) is 4.44. The largest absolute Gasteiger partial charge is 0.348 e. The summed E-state index contributed by atoms with van der Waals surface area (Å²) in [6.07, 6.45) is 6.51. The van der Waals surface area contributed by atoms with Crippen molar-refractivity contribution in [1.29, 1.82) is 0 Å². The number of fused-ring (bicyclic) bond motifs is 1. The molecule has 2 aromatic carbocycles. The van der Waals surface area contributed by atoms with Gasteiger partial charge in [-0.2, -0.15) is 0 Å². The molecule has 3 aromatic rings. The molecule has 1 aromatic heterocycles. The molecule has 1 aliphatic heterocycles. The zero-order valence-electron chi connectivity index (χ0n) is 17.3. The predicted molar refractivity (Wildman–Crippen MR) is 121 cm³/mol. The minimum atomic E-state index is -0.0307. The van der Waals surface area contributed by atoms with E-state index in [0.717, 1.165) is 54.4 Å². The lowest BCUT2D eigenvalue weighted by Gasteiger charge is -2.23. The molecule has 3 atom stereocenters. The average Bonchev–Trinajstić information content (AvgIpc) is 3.61. The highest BCUT2D eigenvalue weighted by molar-refractivity contribution is 5.97. The molecule has 2 aliphatic rings. The Morgan fingerprint density at radius 1 is 1.03 bits per heavy atom. The second kappa shape index (κ2) is 8.47. The number of hydrogen-bond acceptors (Lipinski definition) is 4. The first-order valence-electron chi connectivity index (χ1n) is 10.9. The molecule has 0 radical (unpaired) electrons. The zero-order chi connectivity index (χ0) is 21.2. The number of carbonyl (C=O) groups is 2. The summed E-state index contributed by atoms with van der Waals surface area (Å²) in [6.45, 7) is 1.85. The lowest BCUT2D eigenvalue weighted by Crippen LogP contribution is -2.45. The Kier molecular flexibility index (Phi) is 5.38. The van der Waals surface area contributed by atoms with Gasteiger partial charge in [0.05, 0.1) is 0 Å². The van der Waals surface area contributed by atoms with Gasteiger partial charge < -0.3 is 16.0 Å². The van der Waals surface area contributed by atoms with Gasteiger partial charge in [0.15, 0.2) is 0 Å². The first-order chi connectivity index (χ1) is 15.2. The molecule has 6 nitrogen and oxygen atoms in total. The van der Waals surface area contributed by atoms with Crippen molar-refractivity contribution in [1.82, 2.24) is 15.6 Å². The summed E-state index contributed by atoms with van der Waals surface area (Å²) < 4.78 is 0. The summed E-state index contributed by atoms with van der Waals surface area (Å²) in [6, 6.07) is 15.7. The summed E-state index contributed by atoms with van der Waals surface area (Å²) in [4.78, 5) is 29.3. The average molecular weight is 415 g/mol. The van der Waals surface area contributed by atoms with E-state index in [2.05, 4.69) is 20.9 Å². The van der Waals surface area contributed by atoms with Crippen LogP contribution in [0.5, 0.6) is 0 Å². The van der Waals surface area contributed by atoms with E-state index >= 15 is 0 Å². The van der Waals surface area contributed by atoms with Crippen LogP contribution in [0, 0.1) is 5.92 Å². The lowest BCUT2D eigenvalue weighted by atomic mass is 10.0.